The van der Waals surface area contributed by atoms with Gasteiger partial charge in [-0.3, -0.25) is 0 Å². The predicted molar refractivity (Wildman–Crippen MR) is 90.3 cm³/mol. The number of rotatable bonds is 12. The molecule has 120 valence electrons. The summed E-state index contributed by atoms with van der Waals surface area (Å²) in [4.78, 5) is 0. The Bertz CT molecular complexity index is 364. The lowest BCUT2D eigenvalue weighted by Gasteiger charge is -2.18. The minimum absolute atomic E-state index is 0.117. The van der Waals surface area contributed by atoms with E-state index < -0.39 is 0 Å². The first-order valence-corrected chi connectivity index (χ1v) is 8.74. The maximum Gasteiger partial charge on any atom is 0.123 e. The van der Waals surface area contributed by atoms with Crippen LogP contribution in [0.25, 0.3) is 0 Å². The second-order valence-corrected chi connectivity index (χ2v) is 5.97. The number of benzene rings is 1. The van der Waals surface area contributed by atoms with Gasteiger partial charge in [-0.1, -0.05) is 70.9 Å². The maximum absolute atomic E-state index is 13.4. The highest BCUT2D eigenvalue weighted by Crippen LogP contribution is 2.23. The van der Waals surface area contributed by atoms with E-state index in [4.69, 9.17) is 0 Å². The molecule has 1 unspecified atom stereocenters. The first-order valence-electron chi connectivity index (χ1n) is 8.74. The van der Waals surface area contributed by atoms with Gasteiger partial charge < -0.3 is 5.32 Å². The van der Waals surface area contributed by atoms with Crippen LogP contribution in [-0.4, -0.2) is 13.1 Å². The van der Waals surface area contributed by atoms with Gasteiger partial charge in [0.15, 0.2) is 0 Å². The average Bonchev–Trinajstić information content (AvgIpc) is 2.49. The molecule has 1 aromatic carbocycles. The van der Waals surface area contributed by atoms with E-state index in [1.807, 2.05) is 6.07 Å². The third-order valence-corrected chi connectivity index (χ3v) is 4.12. The van der Waals surface area contributed by atoms with Crippen LogP contribution in [-0.2, 0) is 0 Å². The summed E-state index contributed by atoms with van der Waals surface area (Å²) in [5.74, 6) is 0.324. The van der Waals surface area contributed by atoms with Crippen LogP contribution in [0.15, 0.2) is 24.3 Å². The zero-order valence-corrected chi connectivity index (χ0v) is 13.8. The van der Waals surface area contributed by atoms with Crippen LogP contribution < -0.4 is 5.32 Å². The molecule has 0 radical (unpaired) electrons. The Balaban J connectivity index is 2.33. The number of unbranched alkanes of at least 4 members (excludes halogenated alkanes) is 6. The van der Waals surface area contributed by atoms with E-state index in [0.29, 0.717) is 5.92 Å². The third-order valence-electron chi connectivity index (χ3n) is 4.12. The lowest BCUT2D eigenvalue weighted by atomic mass is 9.92. The largest absolute Gasteiger partial charge is 0.316 e. The lowest BCUT2D eigenvalue weighted by Crippen LogP contribution is -2.21. The molecule has 1 atom stereocenters. The van der Waals surface area contributed by atoms with Crippen molar-refractivity contribution in [2.24, 2.45) is 0 Å². The summed E-state index contributed by atoms with van der Waals surface area (Å²) in [6.45, 7) is 6.30. The van der Waals surface area contributed by atoms with Gasteiger partial charge in [0, 0.05) is 6.54 Å². The van der Waals surface area contributed by atoms with Crippen LogP contribution in [0, 0.1) is 5.82 Å². The summed E-state index contributed by atoms with van der Waals surface area (Å²) >= 11 is 0. The molecular formula is C19H32FN. The van der Waals surface area contributed by atoms with Gasteiger partial charge in [0.25, 0.3) is 0 Å². The van der Waals surface area contributed by atoms with Crippen molar-refractivity contribution in [2.45, 2.75) is 71.1 Å². The minimum Gasteiger partial charge on any atom is -0.316 e. The van der Waals surface area contributed by atoms with Crippen molar-refractivity contribution in [3.05, 3.63) is 35.6 Å². The molecule has 0 heterocycles. The van der Waals surface area contributed by atoms with Crippen molar-refractivity contribution in [3.8, 4) is 0 Å². The van der Waals surface area contributed by atoms with E-state index in [9.17, 15) is 4.39 Å². The Morgan fingerprint density at radius 1 is 1.00 bits per heavy atom. The molecule has 1 rings (SSSR count). The van der Waals surface area contributed by atoms with Gasteiger partial charge >= 0.3 is 0 Å². The van der Waals surface area contributed by atoms with Crippen LogP contribution in [0.4, 0.5) is 4.39 Å². The van der Waals surface area contributed by atoms with Gasteiger partial charge in [-0.2, -0.15) is 0 Å². The van der Waals surface area contributed by atoms with E-state index in [1.54, 1.807) is 6.07 Å². The normalized spacial score (nSPS) is 12.5. The van der Waals surface area contributed by atoms with Crippen molar-refractivity contribution in [1.29, 1.82) is 0 Å². The Morgan fingerprint density at radius 2 is 1.71 bits per heavy atom. The van der Waals surface area contributed by atoms with Crippen LogP contribution >= 0.6 is 0 Å². The number of hydrogen-bond acceptors (Lipinski definition) is 1. The van der Waals surface area contributed by atoms with Gasteiger partial charge in [0.2, 0.25) is 0 Å². The summed E-state index contributed by atoms with van der Waals surface area (Å²) in [6, 6.07) is 7.12. The second-order valence-electron chi connectivity index (χ2n) is 5.97. The van der Waals surface area contributed by atoms with Gasteiger partial charge in [-0.15, -0.1) is 0 Å². The zero-order valence-electron chi connectivity index (χ0n) is 13.8. The van der Waals surface area contributed by atoms with Crippen molar-refractivity contribution in [2.75, 3.05) is 13.1 Å². The fourth-order valence-electron chi connectivity index (χ4n) is 2.81. The Morgan fingerprint density at radius 3 is 2.38 bits per heavy atom. The van der Waals surface area contributed by atoms with Crippen molar-refractivity contribution in [1.82, 2.24) is 5.32 Å². The topological polar surface area (TPSA) is 12.0 Å². The van der Waals surface area contributed by atoms with Gasteiger partial charge in [-0.25, -0.2) is 4.39 Å². The van der Waals surface area contributed by atoms with E-state index in [-0.39, 0.29) is 5.82 Å². The Labute approximate surface area is 130 Å². The van der Waals surface area contributed by atoms with Crippen molar-refractivity contribution >= 4 is 0 Å². The predicted octanol–water partition coefficient (Wildman–Crippen LogP) is 5.66. The van der Waals surface area contributed by atoms with Crippen LogP contribution in [0.2, 0.25) is 0 Å². The van der Waals surface area contributed by atoms with E-state index >= 15 is 0 Å². The van der Waals surface area contributed by atoms with Crippen LogP contribution in [0.1, 0.15) is 76.7 Å². The molecule has 0 fully saturated rings. The monoisotopic (exact) mass is 293 g/mol. The van der Waals surface area contributed by atoms with Crippen molar-refractivity contribution in [3.63, 3.8) is 0 Å². The molecule has 0 aliphatic rings. The summed E-state index contributed by atoms with van der Waals surface area (Å²) < 4.78 is 13.4. The summed E-state index contributed by atoms with van der Waals surface area (Å²) in [5, 5.41) is 3.41. The number of hydrogen-bond donors (Lipinski definition) is 1. The zero-order chi connectivity index (χ0) is 15.3. The second kappa shape index (κ2) is 11.7. The molecule has 0 spiro atoms. The molecule has 1 aromatic rings. The molecule has 0 saturated heterocycles. The molecule has 2 heteroatoms. The summed E-state index contributed by atoms with van der Waals surface area (Å²) in [6.07, 6.45) is 10.5. The third kappa shape index (κ3) is 8.21. The Kier molecular flexibility index (Phi) is 10.1. The molecule has 1 nitrogen and oxygen atoms in total. The molecule has 21 heavy (non-hydrogen) atoms. The first-order chi connectivity index (χ1) is 10.3. The lowest BCUT2D eigenvalue weighted by molar-refractivity contribution is 0.507. The molecule has 0 aliphatic carbocycles. The summed E-state index contributed by atoms with van der Waals surface area (Å²) in [7, 11) is 0. The van der Waals surface area contributed by atoms with Gasteiger partial charge in [0.1, 0.15) is 5.82 Å². The van der Waals surface area contributed by atoms with E-state index in [1.165, 1.54) is 51.0 Å². The van der Waals surface area contributed by atoms with Crippen molar-refractivity contribution < 1.29 is 4.39 Å². The molecule has 0 bridgehead atoms. The molecule has 0 aliphatic heterocycles. The number of nitrogens with one attached hydrogen (secondary N) is 1. The van der Waals surface area contributed by atoms with Gasteiger partial charge in [0.05, 0.1) is 0 Å². The fourth-order valence-corrected chi connectivity index (χ4v) is 2.81. The Hall–Kier alpha value is -0.890. The number of halogens is 1. The molecule has 0 aromatic heterocycles. The highest BCUT2D eigenvalue weighted by Gasteiger charge is 2.11. The highest BCUT2D eigenvalue weighted by atomic mass is 19.1. The SMILES string of the molecule is CCCCCCCCCC(CNCC)c1cccc(F)c1. The smallest absolute Gasteiger partial charge is 0.123 e. The molecule has 0 saturated carbocycles. The van der Waals surface area contributed by atoms with Crippen LogP contribution in [0.5, 0.6) is 0 Å². The summed E-state index contributed by atoms with van der Waals surface area (Å²) in [5.41, 5.74) is 1.14. The van der Waals surface area contributed by atoms with E-state index in [2.05, 4.69) is 25.2 Å². The fraction of sp³-hybridized carbons (Fsp3) is 0.684. The van der Waals surface area contributed by atoms with Gasteiger partial charge in [-0.05, 0) is 36.6 Å². The quantitative estimate of drug-likeness (QED) is 0.490. The molecule has 1 N–H and O–H groups in total. The minimum atomic E-state index is -0.117. The molecule has 0 amide bonds. The highest BCUT2D eigenvalue weighted by molar-refractivity contribution is 5.21. The number of likely N-dealkylation sites (N-methyl/N-ethyl adjacent to an activating group) is 1. The standard InChI is InChI=1S/C19H32FN/c1-3-5-6-7-8-9-10-12-18(16-21-4-2)17-13-11-14-19(20)15-17/h11,13-15,18,21H,3-10,12,16H2,1-2H3. The molecular weight excluding hydrogens is 261 g/mol. The maximum atomic E-state index is 13.4. The van der Waals surface area contributed by atoms with E-state index in [0.717, 1.165) is 25.1 Å². The first kappa shape index (κ1) is 18.2. The van der Waals surface area contributed by atoms with Crippen LogP contribution in [0.3, 0.4) is 0 Å². The average molecular weight is 293 g/mol.